The Kier molecular flexibility index (Phi) is 3.46. The number of hydrogen-bond acceptors (Lipinski definition) is 2. The first-order valence-electron chi connectivity index (χ1n) is 2.55. The molecule has 0 aromatic heterocycles. The van der Waals surface area contributed by atoms with Crippen molar-refractivity contribution in [3.63, 3.8) is 0 Å². The molecule has 56 valence electrons. The highest BCUT2D eigenvalue weighted by molar-refractivity contribution is 7.85. The van der Waals surface area contributed by atoms with E-state index in [1.807, 2.05) is 0 Å². The SMILES string of the molecule is CCC(Cl)CS(=O)(=O)O. The molecular weight excluding hydrogens is 164 g/mol. The van der Waals surface area contributed by atoms with Gasteiger partial charge in [0.2, 0.25) is 0 Å². The van der Waals surface area contributed by atoms with Crippen LogP contribution in [0.15, 0.2) is 0 Å². The summed E-state index contributed by atoms with van der Waals surface area (Å²) in [5.41, 5.74) is 0. The number of halogens is 1. The maximum atomic E-state index is 10.1. The maximum Gasteiger partial charge on any atom is 0.266 e. The summed E-state index contributed by atoms with van der Waals surface area (Å²) >= 11 is 5.41. The van der Waals surface area contributed by atoms with E-state index in [1.54, 1.807) is 6.92 Å². The van der Waals surface area contributed by atoms with Crippen LogP contribution >= 0.6 is 11.6 Å². The fourth-order valence-electron chi connectivity index (χ4n) is 0.346. The summed E-state index contributed by atoms with van der Waals surface area (Å²) in [5.74, 6) is -0.356. The van der Waals surface area contributed by atoms with Gasteiger partial charge in [0.1, 0.15) is 0 Å². The Morgan fingerprint density at radius 2 is 2.11 bits per heavy atom. The van der Waals surface area contributed by atoms with Crippen molar-refractivity contribution in [1.82, 2.24) is 0 Å². The van der Waals surface area contributed by atoms with Crippen LogP contribution in [0, 0.1) is 0 Å². The van der Waals surface area contributed by atoms with E-state index in [0.717, 1.165) is 0 Å². The Labute approximate surface area is 59.8 Å². The zero-order valence-electron chi connectivity index (χ0n) is 5.04. The van der Waals surface area contributed by atoms with Gasteiger partial charge in [-0.25, -0.2) is 0 Å². The molecule has 0 aromatic carbocycles. The third-order valence-corrected chi connectivity index (χ3v) is 2.30. The molecule has 0 rings (SSSR count). The molecule has 0 aliphatic carbocycles. The lowest BCUT2D eigenvalue weighted by Gasteiger charge is -2.00. The molecule has 0 radical (unpaired) electrons. The highest BCUT2D eigenvalue weighted by Crippen LogP contribution is 2.03. The molecule has 0 saturated carbocycles. The van der Waals surface area contributed by atoms with Gasteiger partial charge in [0.25, 0.3) is 10.1 Å². The summed E-state index contributed by atoms with van der Waals surface area (Å²) in [5, 5.41) is -0.472. The van der Waals surface area contributed by atoms with Crippen LogP contribution in [0.1, 0.15) is 13.3 Å². The zero-order valence-corrected chi connectivity index (χ0v) is 6.61. The monoisotopic (exact) mass is 172 g/mol. The molecule has 1 unspecified atom stereocenters. The van der Waals surface area contributed by atoms with Gasteiger partial charge in [-0.3, -0.25) is 4.55 Å². The summed E-state index contributed by atoms with van der Waals surface area (Å²) < 4.78 is 28.4. The lowest BCUT2D eigenvalue weighted by Crippen LogP contribution is -2.13. The predicted molar refractivity (Wildman–Crippen MR) is 36.3 cm³/mol. The van der Waals surface area contributed by atoms with Gasteiger partial charge in [0, 0.05) is 5.38 Å². The first-order valence-corrected chi connectivity index (χ1v) is 4.59. The summed E-state index contributed by atoms with van der Waals surface area (Å²) in [6, 6.07) is 0. The Hall–Kier alpha value is 0.200. The molecule has 5 heteroatoms. The molecule has 0 aliphatic rings. The van der Waals surface area contributed by atoms with E-state index < -0.39 is 15.5 Å². The van der Waals surface area contributed by atoms with Crippen LogP contribution in [-0.4, -0.2) is 24.1 Å². The zero-order chi connectivity index (χ0) is 7.49. The van der Waals surface area contributed by atoms with Crippen LogP contribution in [-0.2, 0) is 10.1 Å². The second-order valence-electron chi connectivity index (χ2n) is 1.75. The summed E-state index contributed by atoms with van der Waals surface area (Å²) in [7, 11) is -3.87. The van der Waals surface area contributed by atoms with Gasteiger partial charge in [-0.2, -0.15) is 8.42 Å². The molecule has 0 aliphatic heterocycles. The number of hydrogen-bond donors (Lipinski definition) is 1. The Bertz CT molecular complexity index is 163. The fourth-order valence-corrected chi connectivity index (χ4v) is 1.52. The van der Waals surface area contributed by atoms with Crippen molar-refractivity contribution >= 4 is 21.7 Å². The normalized spacial score (nSPS) is 15.4. The molecule has 3 nitrogen and oxygen atoms in total. The maximum absolute atomic E-state index is 10.1. The van der Waals surface area contributed by atoms with Gasteiger partial charge in [-0.15, -0.1) is 11.6 Å². The quantitative estimate of drug-likeness (QED) is 0.508. The molecule has 0 aromatic rings. The molecular formula is C4H9ClO3S. The Balaban J connectivity index is 3.75. The van der Waals surface area contributed by atoms with Gasteiger partial charge in [-0.05, 0) is 6.42 Å². The van der Waals surface area contributed by atoms with Crippen molar-refractivity contribution in [2.75, 3.05) is 5.75 Å². The average Bonchev–Trinajstić information content (AvgIpc) is 1.62. The number of alkyl halides is 1. The molecule has 0 bridgehead atoms. The van der Waals surface area contributed by atoms with E-state index in [9.17, 15) is 8.42 Å². The topological polar surface area (TPSA) is 54.4 Å². The summed E-state index contributed by atoms with van der Waals surface area (Å²) in [4.78, 5) is 0. The van der Waals surface area contributed by atoms with Crippen LogP contribution in [0.3, 0.4) is 0 Å². The van der Waals surface area contributed by atoms with E-state index in [0.29, 0.717) is 6.42 Å². The molecule has 9 heavy (non-hydrogen) atoms. The van der Waals surface area contributed by atoms with Crippen LogP contribution in [0.5, 0.6) is 0 Å². The second-order valence-corrected chi connectivity index (χ2v) is 3.87. The van der Waals surface area contributed by atoms with Gasteiger partial charge in [0.05, 0.1) is 5.75 Å². The van der Waals surface area contributed by atoms with Crippen molar-refractivity contribution in [2.24, 2.45) is 0 Å². The van der Waals surface area contributed by atoms with Crippen molar-refractivity contribution in [2.45, 2.75) is 18.7 Å². The van der Waals surface area contributed by atoms with Crippen LogP contribution in [0.2, 0.25) is 0 Å². The third-order valence-electron chi connectivity index (χ3n) is 0.834. The van der Waals surface area contributed by atoms with Crippen LogP contribution in [0.4, 0.5) is 0 Å². The molecule has 0 amide bonds. The minimum absolute atomic E-state index is 0.356. The Morgan fingerprint density at radius 3 is 2.22 bits per heavy atom. The summed E-state index contributed by atoms with van der Waals surface area (Å²) in [6.07, 6.45) is 0.543. The predicted octanol–water partition coefficient (Wildman–Crippen LogP) is 0.892. The van der Waals surface area contributed by atoms with Gasteiger partial charge >= 0.3 is 0 Å². The molecule has 0 heterocycles. The van der Waals surface area contributed by atoms with Crippen LogP contribution in [0.25, 0.3) is 0 Å². The first kappa shape index (κ1) is 9.20. The highest BCUT2D eigenvalue weighted by Gasteiger charge is 2.11. The van der Waals surface area contributed by atoms with E-state index >= 15 is 0 Å². The molecule has 0 spiro atoms. The highest BCUT2D eigenvalue weighted by atomic mass is 35.5. The fraction of sp³-hybridized carbons (Fsp3) is 1.00. The van der Waals surface area contributed by atoms with E-state index in [2.05, 4.69) is 0 Å². The molecule has 0 fully saturated rings. The second kappa shape index (κ2) is 3.39. The Morgan fingerprint density at radius 1 is 1.67 bits per heavy atom. The molecule has 1 N–H and O–H groups in total. The molecule has 1 atom stereocenters. The minimum Gasteiger partial charge on any atom is -0.286 e. The third kappa shape index (κ3) is 6.08. The largest absolute Gasteiger partial charge is 0.286 e. The van der Waals surface area contributed by atoms with Gasteiger partial charge in [0.15, 0.2) is 0 Å². The van der Waals surface area contributed by atoms with E-state index in [-0.39, 0.29) is 5.75 Å². The average molecular weight is 173 g/mol. The van der Waals surface area contributed by atoms with Crippen molar-refractivity contribution in [3.8, 4) is 0 Å². The first-order chi connectivity index (χ1) is 3.95. The lowest BCUT2D eigenvalue weighted by atomic mass is 10.4. The van der Waals surface area contributed by atoms with Crippen LogP contribution < -0.4 is 0 Å². The lowest BCUT2D eigenvalue weighted by molar-refractivity contribution is 0.481. The van der Waals surface area contributed by atoms with Gasteiger partial charge < -0.3 is 0 Å². The van der Waals surface area contributed by atoms with Crippen molar-refractivity contribution < 1.29 is 13.0 Å². The number of rotatable bonds is 3. The standard InChI is InChI=1S/C4H9ClO3S/c1-2-4(5)3-9(6,7)8/h4H,2-3H2,1H3,(H,6,7,8). The van der Waals surface area contributed by atoms with E-state index in [4.69, 9.17) is 16.2 Å². The molecule has 0 saturated heterocycles. The minimum atomic E-state index is -3.87. The smallest absolute Gasteiger partial charge is 0.266 e. The summed E-state index contributed by atoms with van der Waals surface area (Å²) in [6.45, 7) is 1.75. The van der Waals surface area contributed by atoms with E-state index in [1.165, 1.54) is 0 Å². The van der Waals surface area contributed by atoms with Crippen molar-refractivity contribution in [1.29, 1.82) is 0 Å². The van der Waals surface area contributed by atoms with Gasteiger partial charge in [-0.1, -0.05) is 6.92 Å². The van der Waals surface area contributed by atoms with Crippen molar-refractivity contribution in [3.05, 3.63) is 0 Å².